The van der Waals surface area contributed by atoms with Gasteiger partial charge in [-0.05, 0) is 95.2 Å². The van der Waals surface area contributed by atoms with Crippen molar-refractivity contribution in [2.45, 2.75) is 12.8 Å². The first kappa shape index (κ1) is 20.6. The molecule has 0 unspecified atom stereocenters. The van der Waals surface area contributed by atoms with Crippen molar-refractivity contribution in [3.63, 3.8) is 0 Å². The number of phenols is 1. The lowest BCUT2D eigenvalue weighted by Gasteiger charge is -2.06. The first-order valence-electron chi connectivity index (χ1n) is 9.41. The topological polar surface area (TPSA) is 61.7 Å². The summed E-state index contributed by atoms with van der Waals surface area (Å²) in [6.07, 6.45) is 2.52. The van der Waals surface area contributed by atoms with Crippen molar-refractivity contribution in [1.82, 2.24) is 5.43 Å². The summed E-state index contributed by atoms with van der Waals surface area (Å²) >= 11 is 6.54. The van der Waals surface area contributed by atoms with Crippen molar-refractivity contribution in [3.05, 3.63) is 86.8 Å². The Bertz CT molecular complexity index is 1260. The maximum absolute atomic E-state index is 12.1. The van der Waals surface area contributed by atoms with Crippen LogP contribution in [0, 0.1) is 0 Å². The van der Waals surface area contributed by atoms with E-state index in [-0.39, 0.29) is 11.7 Å². The maximum Gasteiger partial charge on any atom is 0.240 e. The quantitative estimate of drug-likeness (QED) is 0.182. The Morgan fingerprint density at radius 2 is 1.53 bits per heavy atom. The molecular formula is C24H18Br2N2O2. The summed E-state index contributed by atoms with van der Waals surface area (Å²) in [7, 11) is 0. The summed E-state index contributed by atoms with van der Waals surface area (Å²) < 4.78 is 1.10. The van der Waals surface area contributed by atoms with Crippen molar-refractivity contribution < 1.29 is 9.90 Å². The molecule has 4 aromatic carbocycles. The van der Waals surface area contributed by atoms with Gasteiger partial charge < -0.3 is 5.11 Å². The second kappa shape index (κ2) is 8.98. The van der Waals surface area contributed by atoms with E-state index in [1.165, 1.54) is 27.8 Å². The molecule has 0 aliphatic heterocycles. The molecule has 0 saturated heterocycles. The van der Waals surface area contributed by atoms with Crippen LogP contribution >= 0.6 is 31.9 Å². The van der Waals surface area contributed by atoms with Crippen LogP contribution in [0.3, 0.4) is 0 Å². The molecular weight excluding hydrogens is 508 g/mol. The Balaban J connectivity index is 1.38. The highest BCUT2D eigenvalue weighted by Crippen LogP contribution is 2.32. The lowest BCUT2D eigenvalue weighted by Crippen LogP contribution is -2.17. The summed E-state index contributed by atoms with van der Waals surface area (Å²) in [5, 5.41) is 18.5. The molecule has 0 radical (unpaired) electrons. The van der Waals surface area contributed by atoms with E-state index in [4.69, 9.17) is 0 Å². The number of fused-ring (bicyclic) bond motifs is 2. The SMILES string of the molecule is O=C(CCc1ccc2cc3ccccc3cc2c1)N/N=C/c1cc(Br)c(O)c(Br)c1. The number of hydrogen-bond acceptors (Lipinski definition) is 3. The highest BCUT2D eigenvalue weighted by molar-refractivity contribution is 9.11. The number of nitrogens with zero attached hydrogens (tertiary/aromatic N) is 1. The van der Waals surface area contributed by atoms with Crippen LogP contribution in [-0.4, -0.2) is 17.2 Å². The van der Waals surface area contributed by atoms with Gasteiger partial charge in [-0.3, -0.25) is 4.79 Å². The lowest BCUT2D eigenvalue weighted by atomic mass is 10.00. The normalized spacial score (nSPS) is 11.4. The molecule has 4 nitrogen and oxygen atoms in total. The van der Waals surface area contributed by atoms with Crippen LogP contribution in [-0.2, 0) is 11.2 Å². The van der Waals surface area contributed by atoms with Crippen molar-refractivity contribution in [1.29, 1.82) is 0 Å². The minimum Gasteiger partial charge on any atom is -0.506 e. The number of amides is 1. The van der Waals surface area contributed by atoms with Gasteiger partial charge in [0.1, 0.15) is 5.75 Å². The monoisotopic (exact) mass is 524 g/mol. The molecule has 0 spiro atoms. The molecule has 2 N–H and O–H groups in total. The number of carbonyl (C=O) groups is 1. The number of hydrogen-bond donors (Lipinski definition) is 2. The average Bonchev–Trinajstić information content (AvgIpc) is 2.74. The zero-order valence-electron chi connectivity index (χ0n) is 15.9. The van der Waals surface area contributed by atoms with Crippen LogP contribution in [0.1, 0.15) is 17.5 Å². The Morgan fingerprint density at radius 1 is 0.900 bits per heavy atom. The van der Waals surface area contributed by atoms with Crippen LogP contribution in [0.2, 0.25) is 0 Å². The summed E-state index contributed by atoms with van der Waals surface area (Å²) in [6.45, 7) is 0. The molecule has 0 bridgehead atoms. The standard InChI is InChI=1S/C24H18Br2N2O2/c25-21-10-16(11-22(26)24(21)30)14-27-28-23(29)8-6-15-5-7-19-12-17-3-1-2-4-18(17)13-20(19)9-15/h1-5,7,9-14,30H,6,8H2,(H,28,29)/b27-14+. The highest BCUT2D eigenvalue weighted by atomic mass is 79.9. The number of rotatable bonds is 5. The number of hydrazone groups is 1. The van der Waals surface area contributed by atoms with Gasteiger partial charge in [-0.1, -0.05) is 42.5 Å². The van der Waals surface area contributed by atoms with Crippen LogP contribution in [0.25, 0.3) is 21.5 Å². The van der Waals surface area contributed by atoms with Crippen molar-refractivity contribution in [2.75, 3.05) is 0 Å². The molecule has 1 amide bonds. The van der Waals surface area contributed by atoms with E-state index in [9.17, 15) is 9.90 Å². The van der Waals surface area contributed by atoms with Gasteiger partial charge in [-0.15, -0.1) is 0 Å². The molecule has 30 heavy (non-hydrogen) atoms. The van der Waals surface area contributed by atoms with Crippen LogP contribution in [0.5, 0.6) is 5.75 Å². The summed E-state index contributed by atoms with van der Waals surface area (Å²) in [6, 6.07) is 22.4. The van der Waals surface area contributed by atoms with E-state index < -0.39 is 0 Å². The van der Waals surface area contributed by atoms with E-state index in [0.717, 1.165) is 11.1 Å². The molecule has 4 aromatic rings. The molecule has 0 fully saturated rings. The zero-order chi connectivity index (χ0) is 21.1. The predicted molar refractivity (Wildman–Crippen MR) is 129 cm³/mol. The summed E-state index contributed by atoms with van der Waals surface area (Å²) in [4.78, 5) is 12.1. The zero-order valence-corrected chi connectivity index (χ0v) is 19.1. The van der Waals surface area contributed by atoms with Crippen LogP contribution in [0.15, 0.2) is 80.8 Å². The van der Waals surface area contributed by atoms with Crippen molar-refractivity contribution in [3.8, 4) is 5.75 Å². The molecule has 0 aliphatic rings. The Hall–Kier alpha value is -2.70. The largest absolute Gasteiger partial charge is 0.506 e. The third kappa shape index (κ3) is 4.71. The first-order valence-corrected chi connectivity index (χ1v) is 11.0. The molecule has 0 saturated carbocycles. The van der Waals surface area contributed by atoms with Crippen LogP contribution < -0.4 is 5.43 Å². The third-order valence-corrected chi connectivity index (χ3v) is 6.06. The number of aromatic hydroxyl groups is 1. The van der Waals surface area contributed by atoms with Gasteiger partial charge in [0.15, 0.2) is 0 Å². The highest BCUT2D eigenvalue weighted by Gasteiger charge is 2.06. The van der Waals surface area contributed by atoms with Gasteiger partial charge in [-0.25, -0.2) is 5.43 Å². The lowest BCUT2D eigenvalue weighted by molar-refractivity contribution is -0.121. The minimum atomic E-state index is -0.151. The fraction of sp³-hybridized carbons (Fsp3) is 0.0833. The molecule has 6 heteroatoms. The number of aryl methyl sites for hydroxylation is 1. The Labute approximate surface area is 190 Å². The smallest absolute Gasteiger partial charge is 0.240 e. The summed E-state index contributed by atoms with van der Waals surface area (Å²) in [5.74, 6) is -0.0265. The first-order chi connectivity index (χ1) is 14.5. The second-order valence-corrected chi connectivity index (χ2v) is 8.72. The fourth-order valence-electron chi connectivity index (χ4n) is 3.30. The number of carbonyl (C=O) groups excluding carboxylic acids is 1. The Kier molecular flexibility index (Phi) is 6.16. The fourth-order valence-corrected chi connectivity index (χ4v) is 4.52. The number of nitrogens with one attached hydrogen (secondary N) is 1. The van der Waals surface area contributed by atoms with Crippen LogP contribution in [0.4, 0.5) is 0 Å². The number of benzene rings is 4. The molecule has 0 atom stereocenters. The number of halogens is 2. The van der Waals surface area contributed by atoms with Gasteiger partial charge >= 0.3 is 0 Å². The average molecular weight is 526 g/mol. The van der Waals surface area contributed by atoms with E-state index in [2.05, 4.69) is 84.9 Å². The van der Waals surface area contributed by atoms with Gasteiger partial charge in [-0.2, -0.15) is 5.10 Å². The van der Waals surface area contributed by atoms with E-state index >= 15 is 0 Å². The summed E-state index contributed by atoms with van der Waals surface area (Å²) in [5.41, 5.74) is 4.41. The van der Waals surface area contributed by atoms with Gasteiger partial charge in [0.2, 0.25) is 5.91 Å². The van der Waals surface area contributed by atoms with Gasteiger partial charge in [0, 0.05) is 6.42 Å². The van der Waals surface area contributed by atoms with E-state index in [0.29, 0.717) is 21.8 Å². The minimum absolute atomic E-state index is 0.125. The second-order valence-electron chi connectivity index (χ2n) is 7.01. The molecule has 0 heterocycles. The number of phenolic OH excluding ortho intramolecular Hbond substituents is 1. The molecule has 4 rings (SSSR count). The molecule has 0 aromatic heterocycles. The van der Waals surface area contributed by atoms with Crippen molar-refractivity contribution in [2.24, 2.45) is 5.10 Å². The van der Waals surface area contributed by atoms with E-state index in [1.807, 2.05) is 12.1 Å². The Morgan fingerprint density at radius 3 is 2.23 bits per heavy atom. The molecule has 150 valence electrons. The van der Waals surface area contributed by atoms with Crippen molar-refractivity contribution >= 4 is 65.5 Å². The van der Waals surface area contributed by atoms with E-state index in [1.54, 1.807) is 12.1 Å². The van der Waals surface area contributed by atoms with Gasteiger partial charge in [0.25, 0.3) is 0 Å². The maximum atomic E-state index is 12.1. The van der Waals surface area contributed by atoms with Gasteiger partial charge in [0.05, 0.1) is 15.2 Å². The third-order valence-electron chi connectivity index (χ3n) is 4.85. The molecule has 0 aliphatic carbocycles. The predicted octanol–water partition coefficient (Wildman–Crippen LogP) is 6.31.